The molecule has 0 aromatic carbocycles. The fraction of sp³-hybridized carbons (Fsp3) is 0.615. The lowest BCUT2D eigenvalue weighted by Crippen LogP contribution is -2.39. The summed E-state index contributed by atoms with van der Waals surface area (Å²) in [5.41, 5.74) is 2.09. The number of pyridine rings is 1. The van der Waals surface area contributed by atoms with Crippen LogP contribution in [0.1, 0.15) is 36.6 Å². The van der Waals surface area contributed by atoms with Gasteiger partial charge in [-0.25, -0.2) is 0 Å². The number of rotatable bonds is 4. The summed E-state index contributed by atoms with van der Waals surface area (Å²) < 4.78 is 0. The topological polar surface area (TPSA) is 65.4 Å². The highest BCUT2D eigenvalue weighted by atomic mass is 16.3. The second-order valence-electron chi connectivity index (χ2n) is 5.01. The smallest absolute Gasteiger partial charge is 0.141 e. The van der Waals surface area contributed by atoms with E-state index >= 15 is 0 Å². The van der Waals surface area contributed by atoms with E-state index < -0.39 is 0 Å². The molecule has 1 fully saturated rings. The zero-order chi connectivity index (χ0) is 12.4. The molecule has 1 aliphatic carbocycles. The number of hydrogen-bond donors (Lipinski definition) is 3. The van der Waals surface area contributed by atoms with Crippen LogP contribution in [0.25, 0.3) is 0 Å². The lowest BCUT2D eigenvalue weighted by atomic mass is 9.82. The van der Waals surface area contributed by atoms with Crippen LogP contribution in [0.5, 0.6) is 5.75 Å². The molecule has 0 atom stereocenters. The summed E-state index contributed by atoms with van der Waals surface area (Å²) in [5.74, 6) is 1.01. The molecule has 1 heterocycles. The molecule has 1 aromatic rings. The maximum absolute atomic E-state index is 9.95. The number of nitrogens with zero attached hydrogens (tertiary/aromatic N) is 1. The first-order valence-corrected chi connectivity index (χ1v) is 6.12. The van der Waals surface area contributed by atoms with Crippen molar-refractivity contribution in [3.8, 4) is 5.75 Å². The largest absolute Gasteiger partial charge is 0.506 e. The van der Waals surface area contributed by atoms with Crippen molar-refractivity contribution in [1.29, 1.82) is 0 Å². The van der Waals surface area contributed by atoms with Crippen LogP contribution in [0.3, 0.4) is 0 Å². The van der Waals surface area contributed by atoms with Crippen LogP contribution in [-0.2, 0) is 13.2 Å². The van der Waals surface area contributed by atoms with Gasteiger partial charge in [0.15, 0.2) is 0 Å². The van der Waals surface area contributed by atoms with E-state index in [-0.39, 0.29) is 12.4 Å². The lowest BCUT2D eigenvalue weighted by molar-refractivity contribution is 0.237. The van der Waals surface area contributed by atoms with Gasteiger partial charge in [0.2, 0.25) is 0 Å². The van der Waals surface area contributed by atoms with Crippen molar-refractivity contribution in [2.45, 2.75) is 45.9 Å². The van der Waals surface area contributed by atoms with Gasteiger partial charge in [0, 0.05) is 29.9 Å². The third-order valence-corrected chi connectivity index (χ3v) is 3.54. The second-order valence-corrected chi connectivity index (χ2v) is 5.01. The van der Waals surface area contributed by atoms with E-state index in [0.717, 1.165) is 11.5 Å². The van der Waals surface area contributed by atoms with Gasteiger partial charge in [0.1, 0.15) is 5.75 Å². The van der Waals surface area contributed by atoms with Crippen LogP contribution in [0.4, 0.5) is 0 Å². The third-order valence-electron chi connectivity index (χ3n) is 3.54. The molecule has 0 unspecified atom stereocenters. The molecule has 4 heteroatoms. The van der Waals surface area contributed by atoms with E-state index in [0.29, 0.717) is 23.8 Å². The van der Waals surface area contributed by atoms with Crippen molar-refractivity contribution in [3.63, 3.8) is 0 Å². The Morgan fingerprint density at radius 1 is 1.47 bits per heavy atom. The Balaban J connectivity index is 2.05. The van der Waals surface area contributed by atoms with E-state index in [1.807, 2.05) is 0 Å². The molecule has 0 amide bonds. The van der Waals surface area contributed by atoms with Gasteiger partial charge >= 0.3 is 0 Å². The molecule has 1 saturated carbocycles. The predicted octanol–water partition coefficient (Wildman–Crippen LogP) is 1.48. The average Bonchev–Trinajstić information content (AvgIpc) is 2.28. The minimum atomic E-state index is -0.0844. The summed E-state index contributed by atoms with van der Waals surface area (Å²) in [4.78, 5) is 4.05. The molecule has 4 nitrogen and oxygen atoms in total. The zero-order valence-corrected chi connectivity index (χ0v) is 10.4. The molecule has 1 aromatic heterocycles. The first kappa shape index (κ1) is 12.3. The maximum Gasteiger partial charge on any atom is 0.141 e. The minimum absolute atomic E-state index is 0.0844. The summed E-state index contributed by atoms with van der Waals surface area (Å²) in [6, 6.07) is 0.546. The number of aromatic hydroxyl groups is 1. The number of aliphatic hydroxyl groups is 1. The van der Waals surface area contributed by atoms with E-state index in [1.54, 1.807) is 13.1 Å². The van der Waals surface area contributed by atoms with Crippen LogP contribution >= 0.6 is 0 Å². The molecule has 0 saturated heterocycles. The van der Waals surface area contributed by atoms with Gasteiger partial charge in [0.05, 0.1) is 12.3 Å². The normalized spacial score (nSPS) is 23.5. The average molecular weight is 236 g/mol. The lowest BCUT2D eigenvalue weighted by Gasteiger charge is -2.33. The van der Waals surface area contributed by atoms with Crippen molar-refractivity contribution in [2.24, 2.45) is 5.92 Å². The molecule has 3 N–H and O–H groups in total. The fourth-order valence-corrected chi connectivity index (χ4v) is 2.33. The van der Waals surface area contributed by atoms with Crippen LogP contribution in [0.2, 0.25) is 0 Å². The molecule has 17 heavy (non-hydrogen) atoms. The van der Waals surface area contributed by atoms with Gasteiger partial charge in [0.25, 0.3) is 0 Å². The summed E-state index contributed by atoms with van der Waals surface area (Å²) in [5, 5.41) is 22.6. The summed E-state index contributed by atoms with van der Waals surface area (Å²) >= 11 is 0. The van der Waals surface area contributed by atoms with Gasteiger partial charge in [-0.3, -0.25) is 4.98 Å². The first-order valence-electron chi connectivity index (χ1n) is 6.12. The van der Waals surface area contributed by atoms with Gasteiger partial charge in [-0.2, -0.15) is 0 Å². The number of aromatic nitrogens is 1. The number of aliphatic hydroxyl groups excluding tert-OH is 1. The summed E-state index contributed by atoms with van der Waals surface area (Å²) in [6.07, 6.45) is 4.02. The quantitative estimate of drug-likeness (QED) is 0.741. The Morgan fingerprint density at radius 2 is 2.18 bits per heavy atom. The Bertz CT molecular complexity index is 401. The fourth-order valence-electron chi connectivity index (χ4n) is 2.33. The SMILES string of the molecule is Cc1ncc(CO)c(CNC2CC(C)C2)c1O. The molecular weight excluding hydrogens is 216 g/mol. The summed E-state index contributed by atoms with van der Waals surface area (Å²) in [7, 11) is 0. The molecule has 0 spiro atoms. The van der Waals surface area contributed by atoms with E-state index in [9.17, 15) is 10.2 Å². The molecule has 0 bridgehead atoms. The molecule has 94 valence electrons. The zero-order valence-electron chi connectivity index (χ0n) is 10.4. The van der Waals surface area contributed by atoms with Crippen molar-refractivity contribution < 1.29 is 10.2 Å². The molecule has 0 radical (unpaired) electrons. The van der Waals surface area contributed by atoms with Crippen molar-refractivity contribution in [3.05, 3.63) is 23.0 Å². The van der Waals surface area contributed by atoms with Crippen molar-refractivity contribution in [1.82, 2.24) is 10.3 Å². The number of aryl methyl sites for hydroxylation is 1. The Labute approximate surface area is 102 Å². The number of hydrogen-bond acceptors (Lipinski definition) is 4. The molecule has 0 aliphatic heterocycles. The van der Waals surface area contributed by atoms with Gasteiger partial charge in [-0.05, 0) is 25.7 Å². The second kappa shape index (κ2) is 5.02. The van der Waals surface area contributed by atoms with E-state index in [1.165, 1.54) is 12.8 Å². The van der Waals surface area contributed by atoms with Gasteiger partial charge < -0.3 is 15.5 Å². The predicted molar refractivity (Wildman–Crippen MR) is 65.6 cm³/mol. The highest BCUT2D eigenvalue weighted by molar-refractivity contribution is 5.40. The third kappa shape index (κ3) is 2.58. The van der Waals surface area contributed by atoms with E-state index in [4.69, 9.17) is 0 Å². The molecular formula is C13H20N2O2. The standard InChI is InChI=1S/C13H20N2O2/c1-8-3-11(4-8)15-6-12-10(7-16)5-14-9(2)13(12)17/h5,8,11,15-17H,3-4,6-7H2,1-2H3. The Kier molecular flexibility index (Phi) is 3.64. The number of nitrogens with one attached hydrogen (secondary N) is 1. The van der Waals surface area contributed by atoms with Gasteiger partial charge in [-0.15, -0.1) is 0 Å². The van der Waals surface area contributed by atoms with Crippen molar-refractivity contribution in [2.75, 3.05) is 0 Å². The summed E-state index contributed by atoms with van der Waals surface area (Å²) in [6.45, 7) is 4.53. The van der Waals surface area contributed by atoms with Crippen LogP contribution in [0, 0.1) is 12.8 Å². The Hall–Kier alpha value is -1.13. The highest BCUT2D eigenvalue weighted by Crippen LogP contribution is 2.28. The van der Waals surface area contributed by atoms with Gasteiger partial charge in [-0.1, -0.05) is 6.92 Å². The molecule has 2 rings (SSSR count). The first-order chi connectivity index (χ1) is 8.11. The van der Waals surface area contributed by atoms with Crippen LogP contribution < -0.4 is 5.32 Å². The highest BCUT2D eigenvalue weighted by Gasteiger charge is 2.25. The van der Waals surface area contributed by atoms with Crippen molar-refractivity contribution >= 4 is 0 Å². The molecule has 1 aliphatic rings. The van der Waals surface area contributed by atoms with Crippen LogP contribution in [-0.4, -0.2) is 21.2 Å². The maximum atomic E-state index is 9.95. The van der Waals surface area contributed by atoms with Crippen LogP contribution in [0.15, 0.2) is 6.20 Å². The van der Waals surface area contributed by atoms with E-state index in [2.05, 4.69) is 17.2 Å². The Morgan fingerprint density at radius 3 is 2.76 bits per heavy atom. The monoisotopic (exact) mass is 236 g/mol. The minimum Gasteiger partial charge on any atom is -0.506 e.